The molecule has 0 fully saturated rings. The number of anilines is 2. The van der Waals surface area contributed by atoms with E-state index in [2.05, 4.69) is 25.3 Å². The molecule has 11 heteroatoms. The minimum Gasteiger partial charge on any atom is -0.854 e. The van der Waals surface area contributed by atoms with Crippen molar-refractivity contribution in [2.45, 2.75) is 32.3 Å². The van der Waals surface area contributed by atoms with Crippen LogP contribution in [0.1, 0.15) is 40.7 Å². The number of halogens is 2. The second-order valence-corrected chi connectivity index (χ2v) is 10.7. The Morgan fingerprint density at radius 2 is 1.74 bits per heavy atom. The van der Waals surface area contributed by atoms with E-state index in [1.807, 2.05) is 33.3 Å². The molecule has 43 heavy (non-hydrogen) atoms. The average molecular weight is 593 g/mol. The molecule has 0 aliphatic heterocycles. The molecule has 3 aromatic carbocycles. The quantitative estimate of drug-likeness (QED) is 0.212. The third-order valence-electron chi connectivity index (χ3n) is 6.95. The molecule has 9 nitrogen and oxygen atoms in total. The highest BCUT2D eigenvalue weighted by Crippen LogP contribution is 2.28. The summed E-state index contributed by atoms with van der Waals surface area (Å²) < 4.78 is 32.8. The highest BCUT2D eigenvalue weighted by Gasteiger charge is 2.18. The zero-order valence-corrected chi connectivity index (χ0v) is 24.6. The fourth-order valence-corrected chi connectivity index (χ4v) is 4.72. The van der Waals surface area contributed by atoms with Crippen LogP contribution in [0.4, 0.5) is 20.3 Å². The van der Waals surface area contributed by atoms with E-state index < -0.39 is 17.5 Å². The molecular formula is C32H36F2N5O4-. The molecule has 0 aliphatic carbocycles. The van der Waals surface area contributed by atoms with E-state index in [0.717, 1.165) is 31.3 Å². The molecule has 1 amide bonds. The van der Waals surface area contributed by atoms with Gasteiger partial charge in [0.15, 0.2) is 5.82 Å². The van der Waals surface area contributed by atoms with E-state index in [-0.39, 0.29) is 44.1 Å². The molecule has 4 rings (SSSR count). The van der Waals surface area contributed by atoms with Gasteiger partial charge in [-0.3, -0.25) is 14.7 Å². The number of H-pyrrole nitrogens is 1. The molecule has 0 saturated carbocycles. The van der Waals surface area contributed by atoms with Gasteiger partial charge in [0.1, 0.15) is 29.8 Å². The number of hydrogen-bond acceptors (Lipinski definition) is 7. The van der Waals surface area contributed by atoms with E-state index in [1.54, 1.807) is 24.3 Å². The van der Waals surface area contributed by atoms with Crippen molar-refractivity contribution in [2.24, 2.45) is 0 Å². The van der Waals surface area contributed by atoms with Crippen molar-refractivity contribution in [1.82, 2.24) is 15.1 Å². The maximum atomic E-state index is 13.5. The maximum Gasteiger partial charge on any atom is 0.257 e. The molecule has 228 valence electrons. The number of amides is 1. The summed E-state index contributed by atoms with van der Waals surface area (Å²) >= 11 is 0. The molecule has 0 bridgehead atoms. The Labute approximate surface area is 249 Å². The van der Waals surface area contributed by atoms with Crippen molar-refractivity contribution in [3.05, 3.63) is 82.9 Å². The Balaban J connectivity index is 1.54. The van der Waals surface area contributed by atoms with Crippen LogP contribution in [0.15, 0.2) is 54.6 Å². The van der Waals surface area contributed by atoms with E-state index >= 15 is 0 Å². The molecule has 1 heterocycles. The van der Waals surface area contributed by atoms with Gasteiger partial charge in [0.2, 0.25) is 0 Å². The smallest absolute Gasteiger partial charge is 0.257 e. The van der Waals surface area contributed by atoms with Crippen LogP contribution in [-0.2, 0) is 17.8 Å². The average Bonchev–Trinajstić information content (AvgIpc) is 3.35. The number of nitrogens with zero attached hydrogens (tertiary/aromatic N) is 3. The number of carbonyl (C=O) groups excluding carboxylic acids is 2. The van der Waals surface area contributed by atoms with Crippen molar-refractivity contribution >= 4 is 34.1 Å². The van der Waals surface area contributed by atoms with Crippen LogP contribution in [0.3, 0.4) is 0 Å². The second kappa shape index (κ2) is 14.7. The highest BCUT2D eigenvalue weighted by molar-refractivity contribution is 6.09. The van der Waals surface area contributed by atoms with Gasteiger partial charge < -0.3 is 25.0 Å². The topological polar surface area (TPSA) is 114 Å². The number of fused-ring (bicyclic) bond motifs is 1. The molecule has 0 aliphatic rings. The molecule has 0 unspecified atom stereocenters. The number of ketones is 1. The van der Waals surface area contributed by atoms with Crippen molar-refractivity contribution < 1.29 is 28.2 Å². The lowest BCUT2D eigenvalue weighted by Gasteiger charge is -2.22. The molecule has 4 aromatic rings. The minimum absolute atomic E-state index is 0.0299. The van der Waals surface area contributed by atoms with Crippen LogP contribution in [0.25, 0.3) is 10.9 Å². The summed E-state index contributed by atoms with van der Waals surface area (Å²) in [7, 11) is 6.00. The summed E-state index contributed by atoms with van der Waals surface area (Å²) in [5.41, 5.74) is 2.76. The van der Waals surface area contributed by atoms with Gasteiger partial charge in [0, 0.05) is 49.1 Å². The summed E-state index contributed by atoms with van der Waals surface area (Å²) in [6, 6.07) is 13.7. The summed E-state index contributed by atoms with van der Waals surface area (Å²) in [4.78, 5) is 30.3. The standard InChI is InChI=1S/C32H36F2N5O4/c1-38(2)11-5-12-39(3)25-7-9-28(22(16-25)17-26(41)6-4-13-40)32(42)35-31-29-19-27(8-10-30(29)36-37-31)43-20-21-14-23(33)18-24(34)15-21/h7-10,14-16,18-19H,4-6,11-13,17,20H2,1-3H3,(H2,35,36,37,42)/q-1. The van der Waals surface area contributed by atoms with Crippen molar-refractivity contribution in [3.8, 4) is 5.75 Å². The molecule has 0 radical (unpaired) electrons. The Bertz CT molecular complexity index is 1550. The van der Waals surface area contributed by atoms with Crippen LogP contribution in [0.2, 0.25) is 0 Å². The van der Waals surface area contributed by atoms with E-state index in [0.29, 0.717) is 33.3 Å². The van der Waals surface area contributed by atoms with Crippen LogP contribution in [-0.4, -0.2) is 67.6 Å². The first kappa shape index (κ1) is 31.6. The van der Waals surface area contributed by atoms with Gasteiger partial charge in [-0.15, -0.1) is 6.61 Å². The van der Waals surface area contributed by atoms with Gasteiger partial charge in [-0.1, -0.05) is 6.42 Å². The van der Waals surface area contributed by atoms with E-state index in [4.69, 9.17) is 4.74 Å². The van der Waals surface area contributed by atoms with Crippen molar-refractivity contribution in [3.63, 3.8) is 0 Å². The van der Waals surface area contributed by atoms with Gasteiger partial charge >= 0.3 is 0 Å². The lowest BCUT2D eigenvalue weighted by atomic mass is 9.98. The number of carbonyl (C=O) groups is 2. The third kappa shape index (κ3) is 8.82. The fourth-order valence-electron chi connectivity index (χ4n) is 4.72. The lowest BCUT2D eigenvalue weighted by molar-refractivity contribution is -0.368. The number of hydrogen-bond donors (Lipinski definition) is 2. The summed E-state index contributed by atoms with van der Waals surface area (Å²) in [5.74, 6) is -1.25. The van der Waals surface area contributed by atoms with Crippen LogP contribution in [0.5, 0.6) is 5.75 Å². The molecular weight excluding hydrogens is 556 g/mol. The van der Waals surface area contributed by atoms with E-state index in [1.165, 1.54) is 12.1 Å². The summed E-state index contributed by atoms with van der Waals surface area (Å²) in [6.07, 6.45) is 1.38. The molecule has 0 saturated heterocycles. The minimum atomic E-state index is -0.690. The predicted octanol–water partition coefficient (Wildman–Crippen LogP) is 4.31. The highest BCUT2D eigenvalue weighted by atomic mass is 19.1. The van der Waals surface area contributed by atoms with Gasteiger partial charge in [-0.2, -0.15) is 5.10 Å². The number of nitrogens with one attached hydrogen (secondary N) is 2. The van der Waals surface area contributed by atoms with Crippen LogP contribution >= 0.6 is 0 Å². The lowest BCUT2D eigenvalue weighted by Crippen LogP contribution is -2.24. The number of Topliss-reactive ketones (excluding diaryl/α,β-unsaturated/α-hetero) is 1. The maximum absolute atomic E-state index is 13.5. The zero-order valence-electron chi connectivity index (χ0n) is 24.6. The number of ether oxygens (including phenoxy) is 1. The van der Waals surface area contributed by atoms with Gasteiger partial charge in [0.25, 0.3) is 5.91 Å². The Kier molecular flexibility index (Phi) is 10.8. The van der Waals surface area contributed by atoms with Gasteiger partial charge in [0.05, 0.1) is 5.52 Å². The molecule has 2 N–H and O–H groups in total. The Morgan fingerprint density at radius 1 is 0.977 bits per heavy atom. The number of benzene rings is 3. The molecule has 1 aromatic heterocycles. The largest absolute Gasteiger partial charge is 0.854 e. The first-order valence-corrected chi connectivity index (χ1v) is 14.1. The predicted molar refractivity (Wildman–Crippen MR) is 160 cm³/mol. The normalized spacial score (nSPS) is 11.2. The number of aromatic amines is 1. The molecule has 0 spiro atoms. The monoisotopic (exact) mass is 592 g/mol. The van der Waals surface area contributed by atoms with Crippen molar-refractivity contribution in [2.75, 3.05) is 51.1 Å². The molecule has 0 atom stereocenters. The second-order valence-electron chi connectivity index (χ2n) is 10.7. The van der Waals surface area contributed by atoms with Crippen molar-refractivity contribution in [1.29, 1.82) is 0 Å². The van der Waals surface area contributed by atoms with Gasteiger partial charge in [-0.25, -0.2) is 8.78 Å². The van der Waals surface area contributed by atoms with Crippen LogP contribution in [0, 0.1) is 11.6 Å². The van der Waals surface area contributed by atoms with Crippen LogP contribution < -0.4 is 20.1 Å². The van der Waals surface area contributed by atoms with Gasteiger partial charge in [-0.05, 0) is 86.7 Å². The first-order chi connectivity index (χ1) is 20.6. The Morgan fingerprint density at radius 3 is 2.47 bits per heavy atom. The third-order valence-corrected chi connectivity index (χ3v) is 6.95. The number of aromatic nitrogens is 2. The first-order valence-electron chi connectivity index (χ1n) is 14.1. The van der Waals surface area contributed by atoms with E-state index in [9.17, 15) is 23.5 Å². The number of rotatable bonds is 15. The summed E-state index contributed by atoms with van der Waals surface area (Å²) in [5, 5.41) is 21.4. The fraction of sp³-hybridized carbons (Fsp3) is 0.344. The Hall–Kier alpha value is -4.35. The zero-order chi connectivity index (χ0) is 30.9. The summed E-state index contributed by atoms with van der Waals surface area (Å²) in [6.45, 7) is 1.34. The SMILES string of the molecule is CN(C)CCCN(C)c1ccc(C(=O)Nc2n[nH]c3ccc(OCc4cc(F)cc(F)c4)cc23)c(CC(=O)CCC[O-])c1.